The van der Waals surface area contributed by atoms with E-state index in [1.54, 1.807) is 42.3 Å². The molecule has 0 bridgehead atoms. The van der Waals surface area contributed by atoms with Crippen LogP contribution in [0, 0.1) is 10.7 Å². The predicted molar refractivity (Wildman–Crippen MR) is 103 cm³/mol. The van der Waals surface area contributed by atoms with Crippen molar-refractivity contribution in [1.29, 1.82) is 4.78 Å². The summed E-state index contributed by atoms with van der Waals surface area (Å²) in [6.45, 7) is 4.18. The summed E-state index contributed by atoms with van der Waals surface area (Å²) in [4.78, 5) is 4.35. The third kappa shape index (κ3) is 3.82. The summed E-state index contributed by atoms with van der Waals surface area (Å²) in [5.74, 6) is 0.411. The second kappa shape index (κ2) is 7.22. The summed E-state index contributed by atoms with van der Waals surface area (Å²) in [6, 6.07) is 3.37. The minimum Gasteiger partial charge on any atom is -0.368 e. The van der Waals surface area contributed by atoms with Gasteiger partial charge in [-0.2, -0.15) is 0 Å². The van der Waals surface area contributed by atoms with Gasteiger partial charge in [0.1, 0.15) is 9.92 Å². The summed E-state index contributed by atoms with van der Waals surface area (Å²) in [5, 5.41) is 13.7. The van der Waals surface area contributed by atoms with E-state index in [0.717, 1.165) is 12.1 Å². The van der Waals surface area contributed by atoms with Crippen LogP contribution in [0.25, 0.3) is 6.08 Å². The standard InChI is InChI=1S/C18H25N5O2S/c1-12(2)10-14-4-5-15-16(26(19,25)22-14)11-23(3)17(15)18(24)21-13-6-8-20-9-7-13/h4-9,11-12,14,18,24H,10H2,1-3H3,(H,20,21)(H2,19,22,25)/t14-,18?,26?/m0/s1. The Morgan fingerprint density at radius 3 is 2.77 bits per heavy atom. The fraction of sp³-hybridized carbons (Fsp3) is 0.389. The second-order valence-electron chi connectivity index (χ2n) is 6.96. The highest BCUT2D eigenvalue weighted by molar-refractivity contribution is 7.90. The van der Waals surface area contributed by atoms with Gasteiger partial charge in [0.25, 0.3) is 0 Å². The second-order valence-corrected chi connectivity index (χ2v) is 8.74. The summed E-state index contributed by atoms with van der Waals surface area (Å²) in [7, 11) is -1.39. The van der Waals surface area contributed by atoms with E-state index in [4.69, 9.17) is 4.78 Å². The molecule has 0 fully saturated rings. The van der Waals surface area contributed by atoms with Crippen LogP contribution < -0.4 is 10.0 Å². The number of hydrogen-bond acceptors (Lipinski definition) is 5. The third-order valence-corrected chi connectivity index (χ3v) is 5.90. The van der Waals surface area contributed by atoms with Gasteiger partial charge in [0, 0.05) is 42.9 Å². The Bertz CT molecular complexity index is 903. The van der Waals surface area contributed by atoms with Gasteiger partial charge in [0.2, 0.25) is 0 Å². The van der Waals surface area contributed by atoms with Crippen LogP contribution in [0.4, 0.5) is 5.69 Å². The number of aryl methyl sites for hydroxylation is 1. The Morgan fingerprint density at radius 2 is 2.12 bits per heavy atom. The summed E-state index contributed by atoms with van der Waals surface area (Å²) in [6.07, 6.45) is 8.51. The van der Waals surface area contributed by atoms with Crippen LogP contribution in [0.2, 0.25) is 0 Å². The zero-order chi connectivity index (χ0) is 18.9. The number of aliphatic hydroxyl groups excluding tert-OH is 1. The molecule has 0 aliphatic carbocycles. The molecule has 0 radical (unpaired) electrons. The fourth-order valence-corrected chi connectivity index (χ4v) is 4.72. The molecule has 140 valence electrons. The van der Waals surface area contributed by atoms with Crippen molar-refractivity contribution >= 4 is 21.7 Å². The smallest absolute Gasteiger partial charge is 0.166 e. The lowest BCUT2D eigenvalue weighted by Gasteiger charge is -2.17. The summed E-state index contributed by atoms with van der Waals surface area (Å²) in [5.41, 5.74) is 1.92. The van der Waals surface area contributed by atoms with Crippen molar-refractivity contribution in [3.05, 3.63) is 48.1 Å². The lowest BCUT2D eigenvalue weighted by atomic mass is 10.0. The van der Waals surface area contributed by atoms with Crippen molar-refractivity contribution in [2.45, 2.75) is 37.4 Å². The maximum absolute atomic E-state index is 13.0. The predicted octanol–water partition coefficient (Wildman–Crippen LogP) is 2.87. The van der Waals surface area contributed by atoms with Gasteiger partial charge in [0.15, 0.2) is 6.23 Å². The summed E-state index contributed by atoms with van der Waals surface area (Å²) >= 11 is 0. The monoisotopic (exact) mass is 375 g/mol. The van der Waals surface area contributed by atoms with E-state index in [1.807, 2.05) is 12.2 Å². The number of nitrogens with zero attached hydrogens (tertiary/aromatic N) is 2. The number of aromatic nitrogens is 2. The number of pyridine rings is 1. The van der Waals surface area contributed by atoms with Gasteiger partial charge in [-0.15, -0.1) is 0 Å². The first-order chi connectivity index (χ1) is 12.3. The zero-order valence-corrected chi connectivity index (χ0v) is 16.0. The molecule has 0 spiro atoms. The fourth-order valence-electron chi connectivity index (χ4n) is 3.21. The molecule has 8 heteroatoms. The highest BCUT2D eigenvalue weighted by Crippen LogP contribution is 2.31. The normalized spacial score (nSPS) is 23.5. The van der Waals surface area contributed by atoms with Gasteiger partial charge in [-0.3, -0.25) is 4.98 Å². The first-order valence-electron chi connectivity index (χ1n) is 8.56. The number of nitrogens with one attached hydrogen (secondary N) is 3. The average molecular weight is 375 g/mol. The molecule has 3 heterocycles. The molecule has 4 N–H and O–H groups in total. The minimum atomic E-state index is -3.16. The Kier molecular flexibility index (Phi) is 5.17. The van der Waals surface area contributed by atoms with Crippen molar-refractivity contribution in [1.82, 2.24) is 14.3 Å². The van der Waals surface area contributed by atoms with Crippen molar-refractivity contribution in [3.63, 3.8) is 0 Å². The SMILES string of the molecule is CC(C)C[C@@H]1C=Cc2c(cn(C)c2C(O)Nc2ccncc2)S(=N)(=O)N1. The Balaban J connectivity index is 1.98. The maximum Gasteiger partial charge on any atom is 0.166 e. The van der Waals surface area contributed by atoms with Crippen LogP contribution in [0.1, 0.15) is 37.8 Å². The molecule has 0 saturated carbocycles. The van der Waals surface area contributed by atoms with E-state index in [2.05, 4.69) is 28.9 Å². The molecule has 0 aromatic carbocycles. The van der Waals surface area contributed by atoms with Crippen molar-refractivity contribution < 1.29 is 9.32 Å². The highest BCUT2D eigenvalue weighted by atomic mass is 32.2. The van der Waals surface area contributed by atoms with Gasteiger partial charge in [-0.05, 0) is 24.5 Å². The molecule has 2 aromatic heterocycles. The van der Waals surface area contributed by atoms with Gasteiger partial charge in [0.05, 0.1) is 10.6 Å². The molecule has 1 aliphatic heterocycles. The molecule has 26 heavy (non-hydrogen) atoms. The van der Waals surface area contributed by atoms with Crippen molar-refractivity contribution in [2.24, 2.45) is 13.0 Å². The van der Waals surface area contributed by atoms with Gasteiger partial charge in [-0.1, -0.05) is 26.0 Å². The quantitative estimate of drug-likeness (QED) is 0.603. The lowest BCUT2D eigenvalue weighted by molar-refractivity contribution is 0.199. The highest BCUT2D eigenvalue weighted by Gasteiger charge is 2.28. The van der Waals surface area contributed by atoms with Gasteiger partial charge < -0.3 is 15.0 Å². The van der Waals surface area contributed by atoms with Gasteiger partial charge in [-0.25, -0.2) is 13.7 Å². The topological polar surface area (TPSA) is 103 Å². The molecule has 7 nitrogen and oxygen atoms in total. The molecule has 0 amide bonds. The first kappa shape index (κ1) is 18.6. The summed E-state index contributed by atoms with van der Waals surface area (Å²) < 4.78 is 26.0. The maximum atomic E-state index is 13.0. The van der Waals surface area contributed by atoms with E-state index in [0.29, 0.717) is 22.1 Å². The molecular weight excluding hydrogens is 350 g/mol. The Hall–Kier alpha value is -2.16. The van der Waals surface area contributed by atoms with Crippen LogP contribution in [-0.2, 0) is 17.0 Å². The van der Waals surface area contributed by atoms with E-state index in [1.165, 1.54) is 0 Å². The van der Waals surface area contributed by atoms with Crippen molar-refractivity contribution in [3.8, 4) is 0 Å². The van der Waals surface area contributed by atoms with Crippen molar-refractivity contribution in [2.75, 3.05) is 5.32 Å². The third-order valence-electron chi connectivity index (χ3n) is 4.32. The van der Waals surface area contributed by atoms with E-state index in [9.17, 15) is 9.32 Å². The lowest BCUT2D eigenvalue weighted by Crippen LogP contribution is -2.32. The zero-order valence-electron chi connectivity index (χ0n) is 15.1. The number of fused-ring (bicyclic) bond motifs is 1. The Labute approximate surface area is 154 Å². The van der Waals surface area contributed by atoms with E-state index in [-0.39, 0.29) is 6.04 Å². The average Bonchev–Trinajstić information content (AvgIpc) is 2.84. The van der Waals surface area contributed by atoms with Crippen LogP contribution >= 0.6 is 0 Å². The van der Waals surface area contributed by atoms with Crippen LogP contribution in [0.3, 0.4) is 0 Å². The molecule has 3 atom stereocenters. The minimum absolute atomic E-state index is 0.143. The van der Waals surface area contributed by atoms with Crippen LogP contribution in [0.5, 0.6) is 0 Å². The molecule has 2 unspecified atom stereocenters. The number of rotatable bonds is 5. The molecule has 2 aromatic rings. The van der Waals surface area contributed by atoms with Crippen LogP contribution in [-0.4, -0.2) is 24.9 Å². The van der Waals surface area contributed by atoms with E-state index >= 15 is 0 Å². The molecule has 1 aliphatic rings. The Morgan fingerprint density at radius 1 is 1.42 bits per heavy atom. The molecule has 3 rings (SSSR count). The van der Waals surface area contributed by atoms with Crippen LogP contribution in [0.15, 0.2) is 41.7 Å². The number of anilines is 1. The molecular formula is C18H25N5O2S. The van der Waals surface area contributed by atoms with Gasteiger partial charge >= 0.3 is 0 Å². The number of hydrogen-bond donors (Lipinski definition) is 4. The largest absolute Gasteiger partial charge is 0.368 e. The number of aliphatic hydroxyl groups is 1. The van der Waals surface area contributed by atoms with E-state index < -0.39 is 16.1 Å². The molecule has 0 saturated heterocycles. The first-order valence-corrected chi connectivity index (χ1v) is 10.1.